The summed E-state index contributed by atoms with van der Waals surface area (Å²) in [5, 5.41) is 19.5. The third-order valence-electron chi connectivity index (χ3n) is 4.81. The fourth-order valence-electron chi connectivity index (χ4n) is 3.15. The molecule has 152 valence electrons. The summed E-state index contributed by atoms with van der Waals surface area (Å²) in [6, 6.07) is 19.3. The number of hydrogen-bond acceptors (Lipinski definition) is 4. The molecule has 2 N–H and O–H groups in total. The van der Waals surface area contributed by atoms with Gasteiger partial charge in [0, 0.05) is 24.0 Å². The molecule has 1 amide bonds. The van der Waals surface area contributed by atoms with Gasteiger partial charge in [-0.3, -0.25) is 9.48 Å². The molecule has 0 aliphatic carbocycles. The zero-order valence-electron chi connectivity index (χ0n) is 16.2. The summed E-state index contributed by atoms with van der Waals surface area (Å²) in [4.78, 5) is 13.7. The maximum Gasteiger partial charge on any atom is 0.269 e. The van der Waals surface area contributed by atoms with Crippen LogP contribution in [0.4, 0.5) is 4.39 Å². The summed E-state index contributed by atoms with van der Waals surface area (Å²) in [5.41, 5.74) is 3.47. The number of nitrogens with one attached hydrogen (secondary N) is 1. The van der Waals surface area contributed by atoms with Crippen LogP contribution >= 0.6 is 11.3 Å². The Balaban J connectivity index is 1.40. The lowest BCUT2D eigenvalue weighted by Crippen LogP contribution is -2.29. The molecule has 0 fully saturated rings. The number of halogens is 1. The minimum Gasteiger partial charge on any atom is -0.387 e. The van der Waals surface area contributed by atoms with Gasteiger partial charge in [-0.15, -0.1) is 11.3 Å². The van der Waals surface area contributed by atoms with E-state index in [0.717, 1.165) is 21.6 Å². The van der Waals surface area contributed by atoms with E-state index in [1.54, 1.807) is 36.6 Å². The van der Waals surface area contributed by atoms with E-state index in [9.17, 15) is 14.3 Å². The number of aromatic nitrogens is 2. The molecule has 4 aromatic rings. The van der Waals surface area contributed by atoms with Crippen molar-refractivity contribution in [3.05, 3.63) is 89.2 Å². The Hall–Kier alpha value is -3.29. The number of aliphatic hydroxyl groups is 1. The van der Waals surface area contributed by atoms with Crippen LogP contribution in [0.2, 0.25) is 0 Å². The Morgan fingerprint density at radius 2 is 1.83 bits per heavy atom. The highest BCUT2D eigenvalue weighted by Gasteiger charge is 2.16. The fourth-order valence-corrected chi connectivity index (χ4v) is 3.88. The Kier molecular flexibility index (Phi) is 5.74. The molecule has 7 heteroatoms. The quantitative estimate of drug-likeness (QED) is 0.484. The van der Waals surface area contributed by atoms with E-state index in [2.05, 4.69) is 10.4 Å². The molecular formula is C23H20FN3O2S. The van der Waals surface area contributed by atoms with Gasteiger partial charge in [0.15, 0.2) is 0 Å². The predicted octanol–water partition coefficient (Wildman–Crippen LogP) is 4.42. The van der Waals surface area contributed by atoms with Crippen molar-refractivity contribution < 1.29 is 14.3 Å². The van der Waals surface area contributed by atoms with E-state index in [4.69, 9.17) is 0 Å². The average Bonchev–Trinajstić information content (AvgIpc) is 3.42. The van der Waals surface area contributed by atoms with Crippen molar-refractivity contribution in [2.75, 3.05) is 6.54 Å². The lowest BCUT2D eigenvalue weighted by Gasteiger charge is -2.13. The van der Waals surface area contributed by atoms with Gasteiger partial charge >= 0.3 is 0 Å². The Morgan fingerprint density at radius 3 is 2.50 bits per heavy atom. The molecule has 5 nitrogen and oxygen atoms in total. The van der Waals surface area contributed by atoms with Crippen LogP contribution in [0.25, 0.3) is 21.7 Å². The smallest absolute Gasteiger partial charge is 0.269 e. The topological polar surface area (TPSA) is 67.2 Å². The molecule has 2 aromatic carbocycles. The second-order valence-corrected chi connectivity index (χ2v) is 7.82. The number of thiophene rings is 1. The van der Waals surface area contributed by atoms with E-state index in [1.165, 1.54) is 16.8 Å². The molecule has 4 rings (SSSR count). The van der Waals surface area contributed by atoms with Crippen molar-refractivity contribution in [2.24, 2.45) is 7.05 Å². The Labute approximate surface area is 177 Å². The second-order valence-electron chi connectivity index (χ2n) is 6.87. The van der Waals surface area contributed by atoms with Crippen LogP contribution < -0.4 is 5.32 Å². The van der Waals surface area contributed by atoms with Gasteiger partial charge in [0.2, 0.25) is 0 Å². The first-order valence-electron chi connectivity index (χ1n) is 9.41. The normalized spacial score (nSPS) is 12.0. The summed E-state index contributed by atoms with van der Waals surface area (Å²) in [7, 11) is 1.67. The number of carbonyl (C=O) groups is 1. The predicted molar refractivity (Wildman–Crippen MR) is 116 cm³/mol. The molecule has 0 saturated heterocycles. The number of aryl methyl sites for hydroxylation is 1. The molecule has 1 atom stereocenters. The van der Waals surface area contributed by atoms with Crippen molar-refractivity contribution in [3.8, 4) is 21.7 Å². The van der Waals surface area contributed by atoms with Crippen molar-refractivity contribution in [2.45, 2.75) is 6.10 Å². The largest absolute Gasteiger partial charge is 0.387 e. The number of hydrogen-bond donors (Lipinski definition) is 2. The average molecular weight is 421 g/mol. The highest BCUT2D eigenvalue weighted by atomic mass is 32.1. The number of rotatable bonds is 6. The summed E-state index contributed by atoms with van der Waals surface area (Å²) >= 11 is 1.66. The molecule has 0 bridgehead atoms. The van der Waals surface area contributed by atoms with Gasteiger partial charge in [-0.2, -0.15) is 5.10 Å². The molecule has 2 heterocycles. The molecule has 0 aliphatic rings. The van der Waals surface area contributed by atoms with E-state index < -0.39 is 6.10 Å². The van der Waals surface area contributed by atoms with Crippen LogP contribution in [-0.2, 0) is 7.05 Å². The van der Waals surface area contributed by atoms with Crippen molar-refractivity contribution >= 4 is 17.2 Å². The molecule has 2 aromatic heterocycles. The maximum atomic E-state index is 13.1. The van der Waals surface area contributed by atoms with Gasteiger partial charge in [-0.05, 0) is 52.9 Å². The minimum absolute atomic E-state index is 0.0776. The van der Waals surface area contributed by atoms with E-state index >= 15 is 0 Å². The Morgan fingerprint density at radius 1 is 1.13 bits per heavy atom. The molecule has 0 saturated carbocycles. The highest BCUT2D eigenvalue weighted by Crippen LogP contribution is 2.26. The van der Waals surface area contributed by atoms with Gasteiger partial charge in [-0.1, -0.05) is 30.3 Å². The molecule has 0 aliphatic heterocycles. The van der Waals surface area contributed by atoms with Gasteiger partial charge in [0.25, 0.3) is 5.91 Å². The second kappa shape index (κ2) is 8.61. The van der Waals surface area contributed by atoms with E-state index in [0.29, 0.717) is 11.4 Å². The molecule has 0 radical (unpaired) electrons. The van der Waals surface area contributed by atoms with Crippen LogP contribution in [0, 0.1) is 5.82 Å². The number of nitrogens with zero attached hydrogens (tertiary/aromatic N) is 2. The van der Waals surface area contributed by atoms with Crippen LogP contribution in [0.1, 0.15) is 22.2 Å². The first kappa shape index (κ1) is 20.0. The third-order valence-corrected chi connectivity index (χ3v) is 5.73. The molecule has 30 heavy (non-hydrogen) atoms. The lowest BCUT2D eigenvalue weighted by molar-refractivity contribution is 0.0907. The van der Waals surface area contributed by atoms with Gasteiger partial charge < -0.3 is 10.4 Å². The van der Waals surface area contributed by atoms with Crippen LogP contribution in [0.5, 0.6) is 0 Å². The van der Waals surface area contributed by atoms with Crippen molar-refractivity contribution in [1.29, 1.82) is 0 Å². The number of aliphatic hydroxyl groups excluding tert-OH is 1. The summed E-state index contributed by atoms with van der Waals surface area (Å²) in [6.45, 7) is 0.0776. The first-order chi connectivity index (χ1) is 14.5. The van der Waals surface area contributed by atoms with E-state index in [1.807, 2.05) is 41.8 Å². The monoisotopic (exact) mass is 421 g/mol. The van der Waals surface area contributed by atoms with Crippen molar-refractivity contribution in [1.82, 2.24) is 15.1 Å². The molecular weight excluding hydrogens is 401 g/mol. The zero-order chi connectivity index (χ0) is 21.1. The van der Waals surface area contributed by atoms with E-state index in [-0.39, 0.29) is 18.3 Å². The fraction of sp³-hybridized carbons (Fsp3) is 0.130. The number of benzene rings is 2. The zero-order valence-corrected chi connectivity index (χ0v) is 17.1. The SMILES string of the molecule is Cn1nc(-c2ccc(F)cc2)cc1C(=O)NCC(O)c1ccc(-c2cccs2)cc1. The summed E-state index contributed by atoms with van der Waals surface area (Å²) in [6.07, 6.45) is -0.823. The van der Waals surface area contributed by atoms with Crippen LogP contribution in [0.15, 0.2) is 72.1 Å². The van der Waals surface area contributed by atoms with Crippen LogP contribution in [-0.4, -0.2) is 27.3 Å². The summed E-state index contributed by atoms with van der Waals surface area (Å²) < 4.78 is 14.6. The summed E-state index contributed by atoms with van der Waals surface area (Å²) in [5.74, 6) is -0.669. The van der Waals surface area contributed by atoms with Gasteiger partial charge in [0.05, 0.1) is 11.8 Å². The first-order valence-corrected chi connectivity index (χ1v) is 10.3. The van der Waals surface area contributed by atoms with Gasteiger partial charge in [0.1, 0.15) is 11.5 Å². The Bertz CT molecular complexity index is 1140. The molecule has 1 unspecified atom stereocenters. The minimum atomic E-state index is -0.823. The number of carbonyl (C=O) groups excluding carboxylic acids is 1. The lowest BCUT2D eigenvalue weighted by atomic mass is 10.1. The number of amides is 1. The molecule has 0 spiro atoms. The standard InChI is InChI=1S/C23H20FN3O2S/c1-27-20(13-19(26-27)15-8-10-18(24)11-9-15)23(29)25-14-21(28)16-4-6-17(7-5-16)22-3-2-12-30-22/h2-13,21,28H,14H2,1H3,(H,25,29). The third kappa shape index (κ3) is 4.32. The maximum absolute atomic E-state index is 13.1. The van der Waals surface area contributed by atoms with Crippen molar-refractivity contribution in [3.63, 3.8) is 0 Å². The van der Waals surface area contributed by atoms with Crippen LogP contribution in [0.3, 0.4) is 0 Å². The van der Waals surface area contributed by atoms with Gasteiger partial charge in [-0.25, -0.2) is 4.39 Å². The highest BCUT2D eigenvalue weighted by molar-refractivity contribution is 7.13.